The van der Waals surface area contributed by atoms with Gasteiger partial charge in [-0.15, -0.1) is 12.4 Å². The lowest BCUT2D eigenvalue weighted by Crippen LogP contribution is -2.26. The van der Waals surface area contributed by atoms with Crippen molar-refractivity contribution in [3.05, 3.63) is 71.3 Å². The molecule has 27 heavy (non-hydrogen) atoms. The smallest absolute Gasteiger partial charge is 0.262 e. The van der Waals surface area contributed by atoms with Gasteiger partial charge in [-0.05, 0) is 60.7 Å². The number of rotatable bonds is 3. The molecule has 4 nitrogen and oxygen atoms in total. The summed E-state index contributed by atoms with van der Waals surface area (Å²) in [4.78, 5) is 2.58. The lowest BCUT2D eigenvalue weighted by Gasteiger charge is -2.25. The molecule has 1 aliphatic rings. The van der Waals surface area contributed by atoms with Gasteiger partial charge in [-0.3, -0.25) is 4.72 Å². The number of fused-ring (bicyclic) bond motifs is 2. The summed E-state index contributed by atoms with van der Waals surface area (Å²) in [5.74, 6) is 0. The molecule has 0 radical (unpaired) electrons. The van der Waals surface area contributed by atoms with E-state index in [1.807, 2.05) is 55.5 Å². The molecule has 3 aromatic carbocycles. The molecule has 6 heteroatoms. The summed E-state index contributed by atoms with van der Waals surface area (Å²) in [7, 11) is -1.56. The van der Waals surface area contributed by atoms with Crippen molar-refractivity contribution in [3.63, 3.8) is 0 Å². The van der Waals surface area contributed by atoms with Crippen LogP contribution in [-0.4, -0.2) is 26.9 Å². The molecule has 142 valence electrons. The number of anilines is 1. The van der Waals surface area contributed by atoms with E-state index in [0.29, 0.717) is 10.6 Å². The predicted octanol–water partition coefficient (Wildman–Crippen LogP) is 4.36. The van der Waals surface area contributed by atoms with Crippen LogP contribution < -0.4 is 4.72 Å². The van der Waals surface area contributed by atoms with Gasteiger partial charge in [0.25, 0.3) is 10.0 Å². The number of nitrogens with one attached hydrogen (secondary N) is 1. The Morgan fingerprint density at radius 3 is 2.48 bits per heavy atom. The molecular weight excluding hydrogens is 380 g/mol. The van der Waals surface area contributed by atoms with Gasteiger partial charge in [0.1, 0.15) is 0 Å². The van der Waals surface area contributed by atoms with Crippen molar-refractivity contribution in [2.75, 3.05) is 18.3 Å². The van der Waals surface area contributed by atoms with Crippen molar-refractivity contribution in [1.29, 1.82) is 0 Å². The van der Waals surface area contributed by atoms with E-state index in [9.17, 15) is 8.42 Å². The fourth-order valence-corrected chi connectivity index (χ4v) is 4.89. The van der Waals surface area contributed by atoms with E-state index in [2.05, 4.69) is 16.7 Å². The molecule has 0 aliphatic carbocycles. The summed E-state index contributed by atoms with van der Waals surface area (Å²) in [6.45, 7) is 3.89. The van der Waals surface area contributed by atoms with Crippen LogP contribution in [0, 0.1) is 6.92 Å². The van der Waals surface area contributed by atoms with Gasteiger partial charge in [0.05, 0.1) is 4.90 Å². The van der Waals surface area contributed by atoms with E-state index in [1.165, 1.54) is 11.1 Å². The van der Waals surface area contributed by atoms with Gasteiger partial charge in [-0.1, -0.05) is 36.4 Å². The fourth-order valence-electron chi connectivity index (χ4n) is 3.62. The van der Waals surface area contributed by atoms with Gasteiger partial charge in [0.15, 0.2) is 0 Å². The lowest BCUT2D eigenvalue weighted by atomic mass is 10.00. The Morgan fingerprint density at radius 2 is 1.70 bits per heavy atom. The van der Waals surface area contributed by atoms with Crippen molar-refractivity contribution in [2.24, 2.45) is 0 Å². The minimum atomic E-state index is -3.65. The first-order valence-corrected chi connectivity index (χ1v) is 10.2. The molecule has 0 saturated carbocycles. The number of hydrogen-bond donors (Lipinski definition) is 1. The Hall–Kier alpha value is -2.08. The van der Waals surface area contributed by atoms with E-state index in [1.54, 1.807) is 6.07 Å². The van der Waals surface area contributed by atoms with E-state index in [4.69, 9.17) is 0 Å². The lowest BCUT2D eigenvalue weighted by molar-refractivity contribution is 0.313. The number of nitrogens with zero attached hydrogens (tertiary/aromatic N) is 1. The van der Waals surface area contributed by atoms with Crippen LogP contribution in [0.3, 0.4) is 0 Å². The first kappa shape index (κ1) is 19.7. The van der Waals surface area contributed by atoms with Gasteiger partial charge < -0.3 is 4.90 Å². The molecule has 0 atom stereocenters. The summed E-state index contributed by atoms with van der Waals surface area (Å²) in [6.07, 6.45) is 0.939. The number of benzene rings is 3. The van der Waals surface area contributed by atoms with Crippen LogP contribution in [-0.2, 0) is 23.0 Å². The second kappa shape index (κ2) is 7.50. The Bertz CT molecular complexity index is 1100. The molecule has 3 aromatic rings. The molecule has 0 bridgehead atoms. The van der Waals surface area contributed by atoms with Crippen molar-refractivity contribution in [3.8, 4) is 0 Å². The molecular formula is C21H23ClN2O2S. The monoisotopic (exact) mass is 402 g/mol. The quantitative estimate of drug-likeness (QED) is 0.708. The predicted molar refractivity (Wildman–Crippen MR) is 113 cm³/mol. The highest BCUT2D eigenvalue weighted by Crippen LogP contribution is 2.28. The Labute approximate surface area is 166 Å². The molecule has 4 rings (SSSR count). The number of aryl methyl sites for hydroxylation is 1. The molecule has 0 aromatic heterocycles. The highest BCUT2D eigenvalue weighted by atomic mass is 35.5. The first-order valence-electron chi connectivity index (χ1n) is 8.75. The number of halogens is 1. The van der Waals surface area contributed by atoms with Crippen LogP contribution in [0.2, 0.25) is 0 Å². The van der Waals surface area contributed by atoms with Crippen molar-refractivity contribution < 1.29 is 8.42 Å². The number of hydrogen-bond acceptors (Lipinski definition) is 3. The summed E-state index contributed by atoms with van der Waals surface area (Å²) < 4.78 is 28.8. The Balaban J connectivity index is 0.00000210. The Morgan fingerprint density at radius 1 is 0.963 bits per heavy atom. The van der Waals surface area contributed by atoms with Gasteiger partial charge >= 0.3 is 0 Å². The van der Waals surface area contributed by atoms with Gasteiger partial charge in [-0.25, -0.2) is 8.42 Å². The highest BCUT2D eigenvalue weighted by Gasteiger charge is 2.19. The van der Waals surface area contributed by atoms with Crippen molar-refractivity contribution in [2.45, 2.75) is 24.8 Å². The van der Waals surface area contributed by atoms with Gasteiger partial charge in [0, 0.05) is 24.2 Å². The molecule has 0 amide bonds. The molecule has 0 saturated heterocycles. The van der Waals surface area contributed by atoms with Crippen LogP contribution in [0.4, 0.5) is 5.69 Å². The summed E-state index contributed by atoms with van der Waals surface area (Å²) in [6, 6.07) is 17.0. The maximum Gasteiger partial charge on any atom is 0.262 e. The molecule has 0 fully saturated rings. The Kier molecular flexibility index (Phi) is 5.47. The van der Waals surface area contributed by atoms with Gasteiger partial charge in [0.2, 0.25) is 0 Å². The molecule has 1 heterocycles. The second-order valence-corrected chi connectivity index (χ2v) is 8.65. The van der Waals surface area contributed by atoms with Crippen LogP contribution in [0.15, 0.2) is 59.5 Å². The number of likely N-dealkylation sites (N-methyl/N-ethyl adjacent to an activating group) is 1. The molecule has 1 aliphatic heterocycles. The standard InChI is InChI=1S/C21H22N2O2S.ClH/c1-15-7-10-21(20-6-4-3-5-19(15)20)26(24,25)22-18-9-8-17-14-23(2)12-11-16(17)13-18;/h3-10,13,22H,11-12,14H2,1-2H3;1H. The average Bonchev–Trinajstić information content (AvgIpc) is 2.62. The maximum atomic E-state index is 13.0. The normalized spacial score (nSPS) is 14.4. The zero-order chi connectivity index (χ0) is 18.3. The van der Waals surface area contributed by atoms with Crippen molar-refractivity contribution in [1.82, 2.24) is 4.90 Å². The topological polar surface area (TPSA) is 49.4 Å². The average molecular weight is 403 g/mol. The zero-order valence-electron chi connectivity index (χ0n) is 15.4. The third-order valence-electron chi connectivity index (χ3n) is 5.05. The molecule has 0 unspecified atom stereocenters. The third-order valence-corrected chi connectivity index (χ3v) is 6.49. The van der Waals surface area contributed by atoms with Crippen molar-refractivity contribution >= 4 is 38.9 Å². The third kappa shape index (κ3) is 3.81. The van der Waals surface area contributed by atoms with Crippen LogP contribution in [0.1, 0.15) is 16.7 Å². The van der Waals surface area contributed by atoms with E-state index >= 15 is 0 Å². The SMILES string of the molecule is Cc1ccc(S(=O)(=O)Nc2ccc3c(c2)CCN(C)C3)c2ccccc12.Cl. The minimum absolute atomic E-state index is 0. The molecule has 0 spiro atoms. The minimum Gasteiger partial charge on any atom is -0.302 e. The summed E-state index contributed by atoms with van der Waals surface area (Å²) in [5, 5.41) is 1.71. The van der Waals surface area contributed by atoms with Crippen LogP contribution in [0.25, 0.3) is 10.8 Å². The first-order chi connectivity index (χ1) is 12.4. The second-order valence-electron chi connectivity index (χ2n) is 7.00. The van der Waals surface area contributed by atoms with Crippen LogP contribution in [0.5, 0.6) is 0 Å². The largest absolute Gasteiger partial charge is 0.302 e. The van der Waals surface area contributed by atoms with E-state index < -0.39 is 10.0 Å². The fraction of sp³-hybridized carbons (Fsp3) is 0.238. The molecule has 1 N–H and O–H groups in total. The van der Waals surface area contributed by atoms with Gasteiger partial charge in [-0.2, -0.15) is 0 Å². The maximum absolute atomic E-state index is 13.0. The van der Waals surface area contributed by atoms with Crippen LogP contribution >= 0.6 is 12.4 Å². The number of sulfonamides is 1. The summed E-state index contributed by atoms with van der Waals surface area (Å²) >= 11 is 0. The van der Waals surface area contributed by atoms with E-state index in [0.717, 1.165) is 35.8 Å². The highest BCUT2D eigenvalue weighted by molar-refractivity contribution is 7.93. The van der Waals surface area contributed by atoms with E-state index in [-0.39, 0.29) is 12.4 Å². The summed E-state index contributed by atoms with van der Waals surface area (Å²) in [5.41, 5.74) is 4.18. The zero-order valence-corrected chi connectivity index (χ0v) is 17.0.